The molecular formula is C6H14S4. The molecule has 0 spiro atoms. The van der Waals surface area contributed by atoms with Crippen LogP contribution >= 0.6 is 48.8 Å². The molecule has 0 aromatic carbocycles. The molecule has 0 saturated heterocycles. The zero-order valence-corrected chi connectivity index (χ0v) is 9.54. The van der Waals surface area contributed by atoms with E-state index < -0.39 is 0 Å². The van der Waals surface area contributed by atoms with Crippen molar-refractivity contribution in [1.29, 1.82) is 0 Å². The summed E-state index contributed by atoms with van der Waals surface area (Å²) in [6, 6.07) is 0. The first-order chi connectivity index (χ1) is 4.81. The molecule has 0 heterocycles. The summed E-state index contributed by atoms with van der Waals surface area (Å²) in [7, 11) is 0. The van der Waals surface area contributed by atoms with Crippen molar-refractivity contribution < 1.29 is 0 Å². The minimum Gasteiger partial charge on any atom is -0.179 e. The third-order valence-electron chi connectivity index (χ3n) is 0.888. The van der Waals surface area contributed by atoms with Crippen molar-refractivity contribution in [2.45, 2.75) is 11.5 Å². The topological polar surface area (TPSA) is 0 Å². The number of thiol groups is 2. The molecule has 0 radical (unpaired) electrons. The average Bonchev–Trinajstić information content (AvgIpc) is 1.97. The molecule has 0 aromatic heterocycles. The third-order valence-corrected chi connectivity index (χ3v) is 4.58. The van der Waals surface area contributed by atoms with Gasteiger partial charge in [0.1, 0.15) is 0 Å². The molecule has 0 saturated carbocycles. The van der Waals surface area contributed by atoms with Crippen LogP contribution in [0.2, 0.25) is 0 Å². The maximum atomic E-state index is 4.14. The minimum absolute atomic E-state index is 0.708. The quantitative estimate of drug-likeness (QED) is 0.515. The molecular weight excluding hydrogens is 200 g/mol. The highest BCUT2D eigenvalue weighted by atomic mass is 32.2. The average molecular weight is 214 g/mol. The van der Waals surface area contributed by atoms with E-state index in [4.69, 9.17) is 0 Å². The van der Waals surface area contributed by atoms with E-state index in [1.54, 1.807) is 0 Å². The third kappa shape index (κ3) is 7.51. The highest BCUT2D eigenvalue weighted by Gasteiger charge is 1.99. The molecule has 0 aliphatic heterocycles. The molecule has 0 nitrogen and oxygen atoms in total. The fourth-order valence-corrected chi connectivity index (χ4v) is 2.95. The van der Waals surface area contributed by atoms with Gasteiger partial charge in [-0.15, -0.1) is 23.5 Å². The molecule has 0 bridgehead atoms. The first-order valence-electron chi connectivity index (χ1n) is 3.26. The minimum atomic E-state index is 0.708. The summed E-state index contributed by atoms with van der Waals surface area (Å²) in [6.45, 7) is 2.24. The first-order valence-corrected chi connectivity index (χ1v) is 6.62. The van der Waals surface area contributed by atoms with Crippen molar-refractivity contribution in [2.75, 3.05) is 23.0 Å². The Morgan fingerprint density at radius 1 is 1.10 bits per heavy atom. The van der Waals surface area contributed by atoms with E-state index in [1.165, 1.54) is 0 Å². The van der Waals surface area contributed by atoms with Crippen molar-refractivity contribution in [2.24, 2.45) is 0 Å². The van der Waals surface area contributed by atoms with E-state index in [0.29, 0.717) is 4.58 Å². The van der Waals surface area contributed by atoms with Gasteiger partial charge in [0.15, 0.2) is 0 Å². The summed E-state index contributed by atoms with van der Waals surface area (Å²) < 4.78 is 0.708. The van der Waals surface area contributed by atoms with E-state index in [0.717, 1.165) is 23.0 Å². The van der Waals surface area contributed by atoms with Crippen LogP contribution in [0.1, 0.15) is 6.92 Å². The normalized spacial score (nSPS) is 10.8. The Kier molecular flexibility index (Phi) is 9.69. The van der Waals surface area contributed by atoms with Crippen molar-refractivity contribution in [3.05, 3.63) is 0 Å². The summed E-state index contributed by atoms with van der Waals surface area (Å²) in [5.41, 5.74) is 0. The summed E-state index contributed by atoms with van der Waals surface area (Å²) in [5.74, 6) is 4.28. The van der Waals surface area contributed by atoms with Crippen LogP contribution in [-0.4, -0.2) is 27.6 Å². The lowest BCUT2D eigenvalue weighted by molar-refractivity contribution is 1.38. The molecule has 0 fully saturated rings. The fraction of sp³-hybridized carbons (Fsp3) is 1.00. The van der Waals surface area contributed by atoms with Gasteiger partial charge in [-0.25, -0.2) is 0 Å². The summed E-state index contributed by atoms with van der Waals surface area (Å²) in [5, 5.41) is 0. The van der Waals surface area contributed by atoms with Crippen LogP contribution < -0.4 is 0 Å². The zero-order chi connectivity index (χ0) is 7.82. The number of thioether (sulfide) groups is 2. The predicted octanol–water partition coefficient (Wildman–Crippen LogP) is 2.66. The van der Waals surface area contributed by atoms with E-state index in [9.17, 15) is 0 Å². The highest BCUT2D eigenvalue weighted by molar-refractivity contribution is 8.17. The largest absolute Gasteiger partial charge is 0.179 e. The molecule has 0 aliphatic carbocycles. The SMILES string of the molecule is CC(SCCS)SCCS. The van der Waals surface area contributed by atoms with E-state index in [1.807, 2.05) is 23.5 Å². The Bertz CT molecular complexity index is 58.8. The van der Waals surface area contributed by atoms with Crippen LogP contribution in [0.3, 0.4) is 0 Å². The second kappa shape index (κ2) is 8.50. The van der Waals surface area contributed by atoms with Gasteiger partial charge in [-0.05, 0) is 18.4 Å². The molecule has 0 unspecified atom stereocenters. The van der Waals surface area contributed by atoms with Gasteiger partial charge in [-0.3, -0.25) is 0 Å². The maximum absolute atomic E-state index is 4.14. The molecule has 0 atom stereocenters. The molecule has 0 rings (SSSR count). The standard InChI is InChI=1S/C6H14S4/c1-6(9-4-2-7)10-5-3-8/h6-8H,2-5H2,1H3. The molecule has 0 amide bonds. The van der Waals surface area contributed by atoms with Crippen molar-refractivity contribution >= 4 is 48.8 Å². The van der Waals surface area contributed by atoms with Crippen molar-refractivity contribution in [3.8, 4) is 0 Å². The molecule has 62 valence electrons. The van der Waals surface area contributed by atoms with Gasteiger partial charge >= 0.3 is 0 Å². The van der Waals surface area contributed by atoms with Gasteiger partial charge in [0, 0.05) is 16.1 Å². The van der Waals surface area contributed by atoms with Crippen LogP contribution in [0.4, 0.5) is 0 Å². The zero-order valence-electron chi connectivity index (χ0n) is 6.12. The van der Waals surface area contributed by atoms with Gasteiger partial charge in [-0.2, -0.15) is 25.3 Å². The lowest BCUT2D eigenvalue weighted by Crippen LogP contribution is -1.94. The lowest BCUT2D eigenvalue weighted by Gasteiger charge is -2.07. The van der Waals surface area contributed by atoms with Gasteiger partial charge < -0.3 is 0 Å². The second-order valence-electron chi connectivity index (χ2n) is 1.76. The monoisotopic (exact) mass is 214 g/mol. The Morgan fingerprint density at radius 3 is 1.80 bits per heavy atom. The molecule has 4 heteroatoms. The van der Waals surface area contributed by atoms with Gasteiger partial charge in [-0.1, -0.05) is 0 Å². The summed E-state index contributed by atoms with van der Waals surface area (Å²) >= 11 is 12.2. The predicted molar refractivity (Wildman–Crippen MR) is 62.1 cm³/mol. The second-order valence-corrected chi connectivity index (χ2v) is 5.85. The Balaban J connectivity index is 3.00. The van der Waals surface area contributed by atoms with E-state index in [2.05, 4.69) is 32.2 Å². The van der Waals surface area contributed by atoms with Gasteiger partial charge in [0.25, 0.3) is 0 Å². The van der Waals surface area contributed by atoms with Crippen LogP contribution in [-0.2, 0) is 0 Å². The lowest BCUT2D eigenvalue weighted by atomic mass is 10.9. The van der Waals surface area contributed by atoms with E-state index >= 15 is 0 Å². The Morgan fingerprint density at radius 2 is 1.50 bits per heavy atom. The highest BCUT2D eigenvalue weighted by Crippen LogP contribution is 2.22. The van der Waals surface area contributed by atoms with Crippen LogP contribution in [0.15, 0.2) is 0 Å². The first kappa shape index (κ1) is 11.4. The van der Waals surface area contributed by atoms with Crippen molar-refractivity contribution in [1.82, 2.24) is 0 Å². The number of hydrogen-bond acceptors (Lipinski definition) is 4. The molecule has 0 N–H and O–H groups in total. The smallest absolute Gasteiger partial charge is 0.0474 e. The van der Waals surface area contributed by atoms with Crippen molar-refractivity contribution in [3.63, 3.8) is 0 Å². The maximum Gasteiger partial charge on any atom is 0.0474 e. The summed E-state index contributed by atoms with van der Waals surface area (Å²) in [4.78, 5) is 0. The molecule has 0 aliphatic rings. The molecule has 10 heavy (non-hydrogen) atoms. The number of hydrogen-bond donors (Lipinski definition) is 2. The van der Waals surface area contributed by atoms with Gasteiger partial charge in [0.2, 0.25) is 0 Å². The Hall–Kier alpha value is 1.40. The fourth-order valence-electron chi connectivity index (χ4n) is 0.485. The van der Waals surface area contributed by atoms with Crippen LogP contribution in [0.25, 0.3) is 0 Å². The summed E-state index contributed by atoms with van der Waals surface area (Å²) in [6.07, 6.45) is 0. The van der Waals surface area contributed by atoms with Crippen LogP contribution in [0, 0.1) is 0 Å². The van der Waals surface area contributed by atoms with E-state index in [-0.39, 0.29) is 0 Å². The van der Waals surface area contributed by atoms with Gasteiger partial charge in [0.05, 0.1) is 0 Å². The molecule has 0 aromatic rings. The Labute approximate surface area is 83.1 Å². The van der Waals surface area contributed by atoms with Crippen LogP contribution in [0.5, 0.6) is 0 Å². The number of rotatable bonds is 6.